The van der Waals surface area contributed by atoms with E-state index in [1.807, 2.05) is 0 Å². The van der Waals surface area contributed by atoms with Crippen LogP contribution in [0.5, 0.6) is 0 Å². The summed E-state index contributed by atoms with van der Waals surface area (Å²) in [7, 11) is -2.93. The molecule has 0 unspecified atom stereocenters. The average Bonchev–Trinajstić information content (AvgIpc) is 4.03. The molecule has 0 fully saturated rings. The first-order chi connectivity index (χ1) is 31.8. The lowest BCUT2D eigenvalue weighted by molar-refractivity contribution is 0.595. The number of nitrogens with zero attached hydrogens (tertiary/aromatic N) is 2. The van der Waals surface area contributed by atoms with Crippen LogP contribution in [0.2, 0.25) is 0 Å². The van der Waals surface area contributed by atoms with Gasteiger partial charge in [0.15, 0.2) is 8.07 Å². The molecule has 1 aliphatic rings. The standard InChI is InChI=1S/C60H42N2OSi/c1-4-17-43(18-5-1)61-54-28-13-11-26-50(54)53-39-42(33-37-56(53)61)41-31-34-47(35-32-41)64(45-20-6-2-7-21-45,46-22-8-3-9-23-46)48-24-16-19-44(40-48)62-55-29-14-10-25-49(55)51-36-38-58-59(60(51)62)52-27-12-15-30-57(52)63-58/h1-11,13-26,28-40H,12,27H2. The minimum absolute atomic E-state index is 0.947. The van der Waals surface area contributed by atoms with Gasteiger partial charge in [-0.15, -0.1) is 0 Å². The Morgan fingerprint density at radius 1 is 0.406 bits per heavy atom. The van der Waals surface area contributed by atoms with E-state index in [0.29, 0.717) is 0 Å². The highest BCUT2D eigenvalue weighted by Gasteiger charge is 2.41. The van der Waals surface area contributed by atoms with Crippen LogP contribution in [0.25, 0.3) is 83.2 Å². The van der Waals surface area contributed by atoms with Gasteiger partial charge in [-0.1, -0.05) is 164 Å². The third kappa shape index (κ3) is 5.46. The van der Waals surface area contributed by atoms with Crippen LogP contribution in [0.3, 0.4) is 0 Å². The van der Waals surface area contributed by atoms with Crippen LogP contribution < -0.4 is 20.7 Å². The second kappa shape index (κ2) is 14.6. The fourth-order valence-electron chi connectivity index (χ4n) is 11.0. The lowest BCUT2D eigenvalue weighted by atomic mass is 9.99. The monoisotopic (exact) mass is 834 g/mol. The third-order valence-electron chi connectivity index (χ3n) is 13.7. The van der Waals surface area contributed by atoms with E-state index in [4.69, 9.17) is 4.42 Å². The van der Waals surface area contributed by atoms with E-state index >= 15 is 0 Å². The molecule has 0 bridgehead atoms. The molecule has 0 aliphatic heterocycles. The summed E-state index contributed by atoms with van der Waals surface area (Å²) in [5, 5.41) is 11.6. The van der Waals surface area contributed by atoms with Gasteiger partial charge in [-0.05, 0) is 111 Å². The zero-order valence-corrected chi connectivity index (χ0v) is 36.2. The molecule has 3 nitrogen and oxygen atoms in total. The fraction of sp³-hybridized carbons (Fsp3) is 0.0333. The first kappa shape index (κ1) is 36.7. The molecule has 0 atom stereocenters. The smallest absolute Gasteiger partial charge is 0.179 e. The van der Waals surface area contributed by atoms with Crippen LogP contribution in [-0.4, -0.2) is 17.2 Å². The van der Waals surface area contributed by atoms with Gasteiger partial charge in [-0.25, -0.2) is 0 Å². The molecule has 0 saturated carbocycles. The Labute approximate surface area is 372 Å². The molecule has 12 aromatic rings. The van der Waals surface area contributed by atoms with Crippen molar-refractivity contribution in [3.63, 3.8) is 0 Å². The van der Waals surface area contributed by atoms with E-state index in [-0.39, 0.29) is 0 Å². The second-order valence-corrected chi connectivity index (χ2v) is 20.9. The molecule has 3 aromatic heterocycles. The molecule has 0 spiro atoms. The summed E-state index contributed by atoms with van der Waals surface area (Å²) in [5.41, 5.74) is 11.8. The highest BCUT2D eigenvalue weighted by Crippen LogP contribution is 2.41. The molecule has 0 radical (unpaired) electrons. The quantitative estimate of drug-likeness (QED) is 0.116. The Kier molecular flexibility index (Phi) is 8.37. The zero-order valence-electron chi connectivity index (χ0n) is 35.2. The van der Waals surface area contributed by atoms with E-state index in [9.17, 15) is 0 Å². The molecule has 0 N–H and O–H groups in total. The number of benzene rings is 9. The number of aromatic nitrogens is 2. The van der Waals surface area contributed by atoms with Crippen molar-refractivity contribution in [1.82, 2.24) is 9.13 Å². The average molecular weight is 835 g/mol. The van der Waals surface area contributed by atoms with E-state index < -0.39 is 8.07 Å². The van der Waals surface area contributed by atoms with Crippen LogP contribution in [0.4, 0.5) is 0 Å². The van der Waals surface area contributed by atoms with Gasteiger partial charge in [0, 0.05) is 43.9 Å². The largest absolute Gasteiger partial charge is 0.456 e. The Hall–Kier alpha value is -7.92. The van der Waals surface area contributed by atoms with Crippen LogP contribution >= 0.6 is 0 Å². The van der Waals surface area contributed by atoms with Gasteiger partial charge in [0.2, 0.25) is 0 Å². The highest BCUT2D eigenvalue weighted by molar-refractivity contribution is 7.19. The molecule has 13 rings (SSSR count). The molecule has 1 aliphatic carbocycles. The highest BCUT2D eigenvalue weighted by atomic mass is 28.3. The van der Waals surface area contributed by atoms with Gasteiger partial charge in [-0.3, -0.25) is 0 Å². The SMILES string of the molecule is C1=Cc2oc3ccc4c5ccccc5n(-c5cccc([Si](c6ccccc6)(c6ccccc6)c6ccc(-c7ccc8c(c7)c7ccccc7n8-c7ccccc7)cc6)c5)c4c3c2CC1. The van der Waals surface area contributed by atoms with E-state index in [2.05, 4.69) is 240 Å². The van der Waals surface area contributed by atoms with Gasteiger partial charge in [0.1, 0.15) is 11.3 Å². The maximum absolute atomic E-state index is 6.54. The lowest BCUT2D eigenvalue weighted by Gasteiger charge is -2.35. The van der Waals surface area contributed by atoms with Crippen LogP contribution in [0.15, 0.2) is 229 Å². The predicted molar refractivity (Wildman–Crippen MR) is 271 cm³/mol. The van der Waals surface area contributed by atoms with Crippen molar-refractivity contribution in [3.05, 3.63) is 236 Å². The van der Waals surface area contributed by atoms with Gasteiger partial charge in [-0.2, -0.15) is 0 Å². The summed E-state index contributed by atoms with van der Waals surface area (Å²) < 4.78 is 11.4. The summed E-state index contributed by atoms with van der Waals surface area (Å²) in [5.74, 6) is 0.987. The van der Waals surface area contributed by atoms with Crippen LogP contribution in [0.1, 0.15) is 17.7 Å². The molecular formula is C60H42N2OSi. The number of fused-ring (bicyclic) bond motifs is 10. The maximum atomic E-state index is 6.54. The van der Waals surface area contributed by atoms with Crippen molar-refractivity contribution in [2.75, 3.05) is 0 Å². The van der Waals surface area contributed by atoms with E-state index in [0.717, 1.165) is 29.9 Å². The van der Waals surface area contributed by atoms with E-state index in [1.165, 1.54) is 92.1 Å². The second-order valence-electron chi connectivity index (χ2n) is 17.1. The predicted octanol–water partition coefficient (Wildman–Crippen LogP) is 12.6. The topological polar surface area (TPSA) is 23.0 Å². The van der Waals surface area contributed by atoms with Crippen molar-refractivity contribution in [2.45, 2.75) is 12.8 Å². The fourth-order valence-corrected chi connectivity index (χ4v) is 15.7. The lowest BCUT2D eigenvalue weighted by Crippen LogP contribution is -2.74. The number of aryl methyl sites for hydroxylation is 1. The van der Waals surface area contributed by atoms with Gasteiger partial charge < -0.3 is 13.6 Å². The Morgan fingerprint density at radius 2 is 0.984 bits per heavy atom. The number of para-hydroxylation sites is 3. The summed E-state index contributed by atoms with van der Waals surface area (Å²) >= 11 is 0. The Balaban J connectivity index is 1.02. The van der Waals surface area contributed by atoms with Crippen molar-refractivity contribution in [1.29, 1.82) is 0 Å². The molecule has 3 heterocycles. The third-order valence-corrected chi connectivity index (χ3v) is 18.5. The molecule has 4 heteroatoms. The normalized spacial score (nSPS) is 12.8. The molecule has 0 saturated heterocycles. The van der Waals surface area contributed by atoms with Crippen LogP contribution in [0, 0.1) is 0 Å². The summed E-state index contributed by atoms with van der Waals surface area (Å²) in [4.78, 5) is 0. The van der Waals surface area contributed by atoms with Crippen molar-refractivity contribution < 1.29 is 4.42 Å². The summed E-state index contributed by atoms with van der Waals surface area (Å²) in [6.07, 6.45) is 6.38. The maximum Gasteiger partial charge on any atom is 0.179 e. The summed E-state index contributed by atoms with van der Waals surface area (Å²) in [6, 6.07) is 81.2. The Bertz CT molecular complexity index is 3720. The van der Waals surface area contributed by atoms with Crippen molar-refractivity contribution in [2.24, 2.45) is 0 Å². The van der Waals surface area contributed by atoms with Crippen LogP contribution in [-0.2, 0) is 6.42 Å². The number of hydrogen-bond donors (Lipinski definition) is 0. The zero-order chi connectivity index (χ0) is 42.2. The number of rotatable bonds is 7. The van der Waals surface area contributed by atoms with Gasteiger partial charge in [0.05, 0.1) is 22.1 Å². The van der Waals surface area contributed by atoms with E-state index in [1.54, 1.807) is 0 Å². The number of hydrogen-bond acceptors (Lipinski definition) is 1. The number of allylic oxidation sites excluding steroid dienone is 1. The molecule has 9 aromatic carbocycles. The number of furan rings is 1. The molecular weight excluding hydrogens is 793 g/mol. The van der Waals surface area contributed by atoms with Crippen molar-refractivity contribution in [3.8, 4) is 22.5 Å². The first-order valence-corrected chi connectivity index (χ1v) is 24.3. The minimum atomic E-state index is -2.93. The summed E-state index contributed by atoms with van der Waals surface area (Å²) in [6.45, 7) is 0. The first-order valence-electron chi connectivity index (χ1n) is 22.3. The minimum Gasteiger partial charge on any atom is -0.456 e. The molecule has 302 valence electrons. The molecule has 0 amide bonds. The van der Waals surface area contributed by atoms with Crippen molar-refractivity contribution >= 4 is 89.5 Å². The Morgan fingerprint density at radius 3 is 1.72 bits per heavy atom. The molecule has 64 heavy (non-hydrogen) atoms. The van der Waals surface area contributed by atoms with Gasteiger partial charge >= 0.3 is 0 Å². The van der Waals surface area contributed by atoms with Gasteiger partial charge in [0.25, 0.3) is 0 Å².